The van der Waals surface area contributed by atoms with E-state index in [1.165, 1.54) is 13.3 Å². The molecule has 0 aliphatic carbocycles. The number of pyridine rings is 1. The third-order valence-corrected chi connectivity index (χ3v) is 1.52. The van der Waals surface area contributed by atoms with Crippen molar-refractivity contribution in [1.82, 2.24) is 4.98 Å². The number of carbonyl (C=O) groups is 1. The van der Waals surface area contributed by atoms with Crippen molar-refractivity contribution >= 4 is 6.29 Å². The van der Waals surface area contributed by atoms with Crippen LogP contribution in [0.15, 0.2) is 12.3 Å². The highest BCUT2D eigenvalue weighted by Gasteiger charge is 2.09. The smallest absolute Gasteiger partial charge is 0.190 e. The van der Waals surface area contributed by atoms with Gasteiger partial charge < -0.3 is 9.47 Å². The third kappa shape index (κ3) is 1.96. The molecule has 13 heavy (non-hydrogen) atoms. The van der Waals surface area contributed by atoms with Crippen LogP contribution in [0.5, 0.6) is 11.5 Å². The van der Waals surface area contributed by atoms with Crippen LogP contribution in [0.3, 0.4) is 0 Å². The minimum absolute atomic E-state index is 0.265. The molecule has 0 amide bonds. The van der Waals surface area contributed by atoms with Crippen molar-refractivity contribution in [2.75, 3.05) is 13.7 Å². The normalized spacial score (nSPS) is 9.38. The van der Waals surface area contributed by atoms with Crippen LogP contribution in [0.4, 0.5) is 0 Å². The van der Waals surface area contributed by atoms with Gasteiger partial charge in [-0.05, 0) is 6.92 Å². The number of methoxy groups -OCH3 is 1. The largest absolute Gasteiger partial charge is 0.493 e. The van der Waals surface area contributed by atoms with E-state index >= 15 is 0 Å². The molecule has 1 rings (SSSR count). The van der Waals surface area contributed by atoms with Crippen LogP contribution in [0.2, 0.25) is 0 Å². The van der Waals surface area contributed by atoms with E-state index in [1.54, 1.807) is 6.07 Å². The first-order chi connectivity index (χ1) is 6.33. The van der Waals surface area contributed by atoms with Gasteiger partial charge in [-0.1, -0.05) is 0 Å². The van der Waals surface area contributed by atoms with Gasteiger partial charge in [0.2, 0.25) is 0 Å². The van der Waals surface area contributed by atoms with Crippen molar-refractivity contribution < 1.29 is 14.3 Å². The number of nitrogens with zero attached hydrogens (tertiary/aromatic N) is 1. The lowest BCUT2D eigenvalue weighted by atomic mass is 10.3. The van der Waals surface area contributed by atoms with Gasteiger partial charge in [-0.3, -0.25) is 4.79 Å². The van der Waals surface area contributed by atoms with Gasteiger partial charge in [0, 0.05) is 12.3 Å². The average molecular weight is 181 g/mol. The molecule has 0 radical (unpaired) electrons. The van der Waals surface area contributed by atoms with Crippen molar-refractivity contribution in [2.45, 2.75) is 6.92 Å². The van der Waals surface area contributed by atoms with Crippen LogP contribution in [0.1, 0.15) is 17.4 Å². The number of aromatic nitrogens is 1. The second kappa shape index (κ2) is 4.45. The minimum atomic E-state index is 0.265. The predicted molar refractivity (Wildman–Crippen MR) is 47.3 cm³/mol. The zero-order chi connectivity index (χ0) is 9.68. The van der Waals surface area contributed by atoms with Crippen LogP contribution < -0.4 is 9.47 Å². The fourth-order valence-electron chi connectivity index (χ4n) is 0.980. The monoisotopic (exact) mass is 181 g/mol. The van der Waals surface area contributed by atoms with Gasteiger partial charge >= 0.3 is 0 Å². The number of hydrogen-bond acceptors (Lipinski definition) is 4. The maximum atomic E-state index is 10.6. The molecule has 1 aromatic heterocycles. The van der Waals surface area contributed by atoms with Crippen molar-refractivity contribution in [1.29, 1.82) is 0 Å². The Balaban J connectivity index is 3.12. The highest BCUT2D eigenvalue weighted by Crippen LogP contribution is 2.27. The predicted octanol–water partition coefficient (Wildman–Crippen LogP) is 1.30. The molecule has 4 heteroatoms. The lowest BCUT2D eigenvalue weighted by Gasteiger charge is -2.09. The minimum Gasteiger partial charge on any atom is -0.493 e. The summed E-state index contributed by atoms with van der Waals surface area (Å²) in [6, 6.07) is 1.65. The molecule has 4 nitrogen and oxygen atoms in total. The van der Waals surface area contributed by atoms with Crippen LogP contribution in [-0.2, 0) is 0 Å². The summed E-state index contributed by atoms with van der Waals surface area (Å²) in [7, 11) is 1.52. The Labute approximate surface area is 76.5 Å². The number of hydrogen-bond donors (Lipinski definition) is 0. The summed E-state index contributed by atoms with van der Waals surface area (Å²) in [6.45, 7) is 2.31. The maximum Gasteiger partial charge on any atom is 0.190 e. The molecular weight excluding hydrogens is 170 g/mol. The molecule has 0 aromatic carbocycles. The van der Waals surface area contributed by atoms with Crippen LogP contribution >= 0.6 is 0 Å². The Hall–Kier alpha value is -1.58. The van der Waals surface area contributed by atoms with Crippen molar-refractivity contribution in [3.05, 3.63) is 18.0 Å². The van der Waals surface area contributed by atoms with Gasteiger partial charge in [0.05, 0.1) is 13.7 Å². The Morgan fingerprint density at radius 2 is 2.38 bits per heavy atom. The molecular formula is C9H11NO3. The third-order valence-electron chi connectivity index (χ3n) is 1.52. The molecule has 0 spiro atoms. The molecule has 1 heterocycles. The SMILES string of the molecule is CCOc1c(OC)ccnc1C=O. The molecule has 0 aliphatic heterocycles. The molecule has 0 bridgehead atoms. The first kappa shape index (κ1) is 9.51. The Bertz CT molecular complexity index is 299. The van der Waals surface area contributed by atoms with E-state index in [-0.39, 0.29) is 5.69 Å². The van der Waals surface area contributed by atoms with Crippen LogP contribution in [-0.4, -0.2) is 25.0 Å². The summed E-state index contributed by atoms with van der Waals surface area (Å²) in [5, 5.41) is 0. The van der Waals surface area contributed by atoms with Gasteiger partial charge in [-0.2, -0.15) is 0 Å². The van der Waals surface area contributed by atoms with Crippen molar-refractivity contribution in [3.8, 4) is 11.5 Å². The van der Waals surface area contributed by atoms with E-state index < -0.39 is 0 Å². The van der Waals surface area contributed by atoms with Gasteiger partial charge in [-0.25, -0.2) is 4.98 Å². The number of carbonyl (C=O) groups excluding carboxylic acids is 1. The topological polar surface area (TPSA) is 48.4 Å². The molecule has 0 aliphatic rings. The molecule has 0 fully saturated rings. The van der Waals surface area contributed by atoms with Gasteiger partial charge in [0.15, 0.2) is 17.8 Å². The standard InChI is InChI=1S/C9H11NO3/c1-3-13-9-7(6-11)10-5-4-8(9)12-2/h4-6H,3H2,1-2H3. The van der Waals surface area contributed by atoms with Crippen LogP contribution in [0.25, 0.3) is 0 Å². The van der Waals surface area contributed by atoms with E-state index in [9.17, 15) is 4.79 Å². The summed E-state index contributed by atoms with van der Waals surface area (Å²) in [5.41, 5.74) is 0.265. The fraction of sp³-hybridized carbons (Fsp3) is 0.333. The number of aldehydes is 1. The average Bonchev–Trinajstić information content (AvgIpc) is 2.18. The molecule has 0 atom stereocenters. The van der Waals surface area contributed by atoms with E-state index in [1.807, 2.05) is 6.92 Å². The van der Waals surface area contributed by atoms with Gasteiger partial charge in [-0.15, -0.1) is 0 Å². The highest BCUT2D eigenvalue weighted by atomic mass is 16.5. The lowest BCUT2D eigenvalue weighted by Crippen LogP contribution is -2.00. The first-order valence-corrected chi connectivity index (χ1v) is 3.94. The second-order valence-corrected chi connectivity index (χ2v) is 2.28. The molecule has 1 aromatic rings. The molecule has 0 N–H and O–H groups in total. The zero-order valence-corrected chi connectivity index (χ0v) is 7.61. The van der Waals surface area contributed by atoms with E-state index in [2.05, 4.69) is 4.98 Å². The maximum absolute atomic E-state index is 10.6. The number of ether oxygens (including phenoxy) is 2. The Kier molecular flexibility index (Phi) is 3.25. The summed E-state index contributed by atoms with van der Waals surface area (Å²) < 4.78 is 10.2. The fourth-order valence-corrected chi connectivity index (χ4v) is 0.980. The summed E-state index contributed by atoms with van der Waals surface area (Å²) in [6.07, 6.45) is 2.15. The van der Waals surface area contributed by atoms with Gasteiger partial charge in [0.1, 0.15) is 5.69 Å². The molecule has 70 valence electrons. The first-order valence-electron chi connectivity index (χ1n) is 3.94. The van der Waals surface area contributed by atoms with Crippen molar-refractivity contribution in [3.63, 3.8) is 0 Å². The van der Waals surface area contributed by atoms with E-state index in [0.29, 0.717) is 24.4 Å². The highest BCUT2D eigenvalue weighted by molar-refractivity contribution is 5.78. The Morgan fingerprint density at radius 1 is 1.62 bits per heavy atom. The zero-order valence-electron chi connectivity index (χ0n) is 7.61. The number of rotatable bonds is 4. The second-order valence-electron chi connectivity index (χ2n) is 2.28. The van der Waals surface area contributed by atoms with Crippen LogP contribution in [0, 0.1) is 0 Å². The summed E-state index contributed by atoms with van der Waals surface area (Å²) >= 11 is 0. The van der Waals surface area contributed by atoms with E-state index in [0.717, 1.165) is 0 Å². The molecule has 0 unspecified atom stereocenters. The molecule has 0 saturated carbocycles. The van der Waals surface area contributed by atoms with Crippen molar-refractivity contribution in [2.24, 2.45) is 0 Å². The quantitative estimate of drug-likeness (QED) is 0.657. The summed E-state index contributed by atoms with van der Waals surface area (Å²) in [4.78, 5) is 14.4. The van der Waals surface area contributed by atoms with E-state index in [4.69, 9.17) is 9.47 Å². The summed E-state index contributed by atoms with van der Waals surface area (Å²) in [5.74, 6) is 0.932. The lowest BCUT2D eigenvalue weighted by molar-refractivity contribution is 0.111. The Morgan fingerprint density at radius 3 is 2.92 bits per heavy atom. The van der Waals surface area contributed by atoms with Gasteiger partial charge in [0.25, 0.3) is 0 Å². The molecule has 0 saturated heterocycles.